The molecule has 4 rings (SSSR count). The third-order valence-corrected chi connectivity index (χ3v) is 4.77. The minimum Gasteiger partial charge on any atom is -0.487 e. The molecule has 0 fully saturated rings. The maximum Gasteiger partial charge on any atom is 0.195 e. The third-order valence-electron chi connectivity index (χ3n) is 4.77. The van der Waals surface area contributed by atoms with E-state index < -0.39 is 11.0 Å². The Hall–Kier alpha value is -2.28. The van der Waals surface area contributed by atoms with E-state index in [4.69, 9.17) is 14.5 Å². The lowest BCUT2D eigenvalue weighted by atomic mass is 9.56. The highest BCUT2D eigenvalue weighted by Crippen LogP contribution is 2.59. The molecule has 0 saturated heterocycles. The Morgan fingerprint density at radius 2 is 2.15 bits per heavy atom. The van der Waals surface area contributed by atoms with Gasteiger partial charge in [0.25, 0.3) is 0 Å². The SMILES string of the molecule is COC1=N[C@]2(C)C=C[C@]2(C#N)[C@H]2Oc3ccccc3[C@@H]12. The summed E-state index contributed by atoms with van der Waals surface area (Å²) in [6.45, 7) is 1.96. The molecule has 4 atom stereocenters. The van der Waals surface area contributed by atoms with Crippen molar-refractivity contribution in [2.75, 3.05) is 7.11 Å². The molecule has 2 heterocycles. The lowest BCUT2D eigenvalue weighted by molar-refractivity contribution is 0.0613. The molecule has 0 unspecified atom stereocenters. The molecular formula is C16H14N2O2. The second-order valence-corrected chi connectivity index (χ2v) is 5.67. The fraction of sp³-hybridized carbons (Fsp3) is 0.375. The molecule has 4 nitrogen and oxygen atoms in total. The Morgan fingerprint density at radius 3 is 2.80 bits per heavy atom. The zero-order chi connectivity index (χ0) is 14.0. The van der Waals surface area contributed by atoms with Crippen molar-refractivity contribution in [3.63, 3.8) is 0 Å². The number of ether oxygens (including phenoxy) is 2. The first-order valence-corrected chi connectivity index (χ1v) is 6.66. The molecular weight excluding hydrogens is 252 g/mol. The van der Waals surface area contributed by atoms with Crippen LogP contribution in [0.1, 0.15) is 18.4 Å². The maximum atomic E-state index is 9.73. The largest absolute Gasteiger partial charge is 0.487 e. The van der Waals surface area contributed by atoms with Gasteiger partial charge in [-0.05, 0) is 13.0 Å². The van der Waals surface area contributed by atoms with Gasteiger partial charge in [0, 0.05) is 5.56 Å². The van der Waals surface area contributed by atoms with E-state index in [1.165, 1.54) is 0 Å². The van der Waals surface area contributed by atoms with Crippen molar-refractivity contribution in [2.24, 2.45) is 10.4 Å². The summed E-state index contributed by atoms with van der Waals surface area (Å²) in [5, 5.41) is 9.73. The lowest BCUT2D eigenvalue weighted by Crippen LogP contribution is -2.61. The number of nitriles is 1. The molecule has 0 amide bonds. The summed E-state index contributed by atoms with van der Waals surface area (Å²) in [5.74, 6) is 1.37. The number of fused-ring (bicyclic) bond motifs is 5. The number of benzene rings is 1. The van der Waals surface area contributed by atoms with E-state index in [0.717, 1.165) is 11.3 Å². The van der Waals surface area contributed by atoms with Gasteiger partial charge < -0.3 is 9.47 Å². The van der Waals surface area contributed by atoms with E-state index in [-0.39, 0.29) is 12.0 Å². The van der Waals surface area contributed by atoms with Gasteiger partial charge in [-0.2, -0.15) is 5.26 Å². The van der Waals surface area contributed by atoms with Crippen molar-refractivity contribution in [1.82, 2.24) is 0 Å². The van der Waals surface area contributed by atoms with Gasteiger partial charge in [0.2, 0.25) is 0 Å². The smallest absolute Gasteiger partial charge is 0.195 e. The first-order chi connectivity index (χ1) is 9.65. The van der Waals surface area contributed by atoms with Gasteiger partial charge in [0.15, 0.2) is 5.90 Å². The monoisotopic (exact) mass is 266 g/mol. The molecule has 3 aliphatic rings. The van der Waals surface area contributed by atoms with Gasteiger partial charge in [0.1, 0.15) is 28.7 Å². The molecule has 0 radical (unpaired) electrons. The van der Waals surface area contributed by atoms with Crippen LogP contribution in [-0.4, -0.2) is 24.7 Å². The molecule has 100 valence electrons. The van der Waals surface area contributed by atoms with Gasteiger partial charge in [-0.25, -0.2) is 4.99 Å². The molecule has 1 aromatic carbocycles. The summed E-state index contributed by atoms with van der Waals surface area (Å²) in [5.41, 5.74) is -0.218. The fourth-order valence-electron chi connectivity index (χ4n) is 3.53. The van der Waals surface area contributed by atoms with Crippen LogP contribution in [-0.2, 0) is 4.74 Å². The summed E-state index contributed by atoms with van der Waals surface area (Å²) in [6, 6.07) is 10.3. The van der Waals surface area contributed by atoms with Crippen molar-refractivity contribution in [2.45, 2.75) is 24.5 Å². The Balaban J connectivity index is 1.95. The Labute approximate surface area is 117 Å². The lowest BCUT2D eigenvalue weighted by Gasteiger charge is -2.51. The van der Waals surface area contributed by atoms with Crippen LogP contribution in [0.15, 0.2) is 41.4 Å². The second-order valence-electron chi connectivity index (χ2n) is 5.67. The van der Waals surface area contributed by atoms with E-state index in [1.807, 2.05) is 43.3 Å². The van der Waals surface area contributed by atoms with E-state index in [9.17, 15) is 5.26 Å². The molecule has 20 heavy (non-hydrogen) atoms. The van der Waals surface area contributed by atoms with Gasteiger partial charge in [-0.15, -0.1) is 0 Å². The predicted octanol–water partition coefficient (Wildman–Crippen LogP) is 2.43. The van der Waals surface area contributed by atoms with Gasteiger partial charge in [0.05, 0.1) is 13.2 Å². The van der Waals surface area contributed by atoms with E-state index in [1.54, 1.807) is 7.11 Å². The average molecular weight is 266 g/mol. The van der Waals surface area contributed by atoms with E-state index in [0.29, 0.717) is 5.90 Å². The maximum absolute atomic E-state index is 9.73. The summed E-state index contributed by atoms with van der Waals surface area (Å²) < 4.78 is 11.6. The zero-order valence-corrected chi connectivity index (χ0v) is 11.3. The quantitative estimate of drug-likeness (QED) is 0.678. The molecule has 0 spiro atoms. The number of hydrogen-bond donors (Lipinski definition) is 0. The number of nitrogens with zero attached hydrogens (tertiary/aromatic N) is 2. The van der Waals surface area contributed by atoms with Crippen LogP contribution in [0.4, 0.5) is 0 Å². The first-order valence-electron chi connectivity index (χ1n) is 6.66. The molecule has 0 bridgehead atoms. The fourth-order valence-corrected chi connectivity index (χ4v) is 3.53. The molecule has 0 N–H and O–H groups in total. The highest BCUT2D eigenvalue weighted by Gasteiger charge is 2.66. The number of para-hydroxylation sites is 1. The van der Waals surface area contributed by atoms with Crippen molar-refractivity contribution >= 4 is 5.90 Å². The predicted molar refractivity (Wildman–Crippen MR) is 73.6 cm³/mol. The topological polar surface area (TPSA) is 54.6 Å². The van der Waals surface area contributed by atoms with Crippen LogP contribution in [0.25, 0.3) is 0 Å². The molecule has 1 aromatic rings. The van der Waals surface area contributed by atoms with Crippen molar-refractivity contribution in [3.05, 3.63) is 42.0 Å². The van der Waals surface area contributed by atoms with Gasteiger partial charge in [-0.1, -0.05) is 30.4 Å². The van der Waals surface area contributed by atoms with Crippen molar-refractivity contribution in [1.29, 1.82) is 5.26 Å². The van der Waals surface area contributed by atoms with Crippen LogP contribution in [0.2, 0.25) is 0 Å². The highest BCUT2D eigenvalue weighted by atomic mass is 16.5. The van der Waals surface area contributed by atoms with E-state index >= 15 is 0 Å². The Morgan fingerprint density at radius 1 is 1.35 bits per heavy atom. The molecule has 0 saturated carbocycles. The minimum absolute atomic E-state index is 0.103. The van der Waals surface area contributed by atoms with Crippen LogP contribution in [0, 0.1) is 16.7 Å². The standard InChI is InChI=1S/C16H14N2O2/c1-15-7-8-16(15,9-17)13-12(14(18-15)19-2)10-5-3-4-6-11(10)20-13/h3-8,12-13H,1-2H3/t12-,13+,15-,16+/m1/s1. The van der Waals surface area contributed by atoms with Crippen molar-refractivity contribution in [3.8, 4) is 11.8 Å². The summed E-state index contributed by atoms with van der Waals surface area (Å²) in [7, 11) is 1.63. The molecule has 1 aliphatic carbocycles. The molecule has 0 aromatic heterocycles. The summed E-state index contributed by atoms with van der Waals surface area (Å²) >= 11 is 0. The van der Waals surface area contributed by atoms with Crippen LogP contribution < -0.4 is 4.74 Å². The van der Waals surface area contributed by atoms with Crippen molar-refractivity contribution < 1.29 is 9.47 Å². The molecule has 2 aliphatic heterocycles. The Kier molecular flexibility index (Phi) is 1.98. The zero-order valence-electron chi connectivity index (χ0n) is 11.3. The summed E-state index contributed by atoms with van der Waals surface area (Å²) in [4.78, 5) is 4.69. The summed E-state index contributed by atoms with van der Waals surface area (Å²) in [6.07, 6.45) is 3.61. The molecule has 4 heteroatoms. The number of aliphatic imine (C=N–C) groups is 1. The average Bonchev–Trinajstić information content (AvgIpc) is 2.83. The first kappa shape index (κ1) is 11.5. The van der Waals surface area contributed by atoms with Crippen LogP contribution in [0.5, 0.6) is 5.75 Å². The van der Waals surface area contributed by atoms with Crippen LogP contribution >= 0.6 is 0 Å². The number of methoxy groups -OCH3 is 1. The van der Waals surface area contributed by atoms with Gasteiger partial charge in [-0.3, -0.25) is 0 Å². The normalized spacial score (nSPS) is 39.4. The van der Waals surface area contributed by atoms with Gasteiger partial charge >= 0.3 is 0 Å². The minimum atomic E-state index is -0.710. The highest BCUT2D eigenvalue weighted by molar-refractivity contribution is 5.89. The Bertz CT molecular complexity index is 703. The second kappa shape index (κ2) is 3.43. The van der Waals surface area contributed by atoms with Crippen LogP contribution in [0.3, 0.4) is 0 Å². The number of rotatable bonds is 0. The van der Waals surface area contributed by atoms with E-state index in [2.05, 4.69) is 6.07 Å². The number of hydrogen-bond acceptors (Lipinski definition) is 4. The third kappa shape index (κ3) is 1.06.